The van der Waals surface area contributed by atoms with Gasteiger partial charge in [0, 0.05) is 48.4 Å². The van der Waals surface area contributed by atoms with Gasteiger partial charge in [-0.15, -0.1) is 23.1 Å². The fourth-order valence-electron chi connectivity index (χ4n) is 7.26. The van der Waals surface area contributed by atoms with Crippen LogP contribution >= 0.6 is 34.7 Å². The van der Waals surface area contributed by atoms with E-state index in [9.17, 15) is 39.3 Å². The lowest BCUT2D eigenvalue weighted by Crippen LogP contribution is -2.71. The maximum atomic E-state index is 13.5. The number of phenols is 2. The van der Waals surface area contributed by atoms with Gasteiger partial charge < -0.3 is 41.0 Å². The Morgan fingerprint density at radius 1 is 1.20 bits per heavy atom. The minimum absolute atomic E-state index is 0.0456. The smallest absolute Gasteiger partial charge is 0.350 e. The number of benzene rings is 1. The van der Waals surface area contributed by atoms with E-state index < -0.39 is 52.2 Å². The van der Waals surface area contributed by atoms with Gasteiger partial charge in [0.1, 0.15) is 23.7 Å². The number of carbonyl (C=O) groups excluding carboxylic acids is 4. The van der Waals surface area contributed by atoms with Gasteiger partial charge in [-0.3, -0.25) is 24.1 Å². The number of hydrogen-bond acceptors (Lipinski definition) is 13. The molecule has 51 heavy (non-hydrogen) atoms. The number of likely N-dealkylation sites (N-methyl/N-ethyl adjacent to an activating group) is 1. The standard InChI is InChI=1S/C32H36ClN7O9S2/c1-32(2,30(47)48)49-38-22(20-13-51-31(34)36-20)27(45)37-23-28(46)39-21(11-41)14(12-50-29(23)39)10-40(3)16-4-5-17(40)9-15(8-16)35-26(44)18-6-7-19(33)25(43)24(18)42/h6-7,11,13,15-17,23,29H,4-5,8-10,12H2,1-3H3,(H6-,34,35,36,37,38,42,43,44,45,47,48)/p+1/t15-,16+,17-,23-,29-,40+/m1/s1. The number of thioether (sulfide) groups is 1. The van der Waals surface area contributed by atoms with E-state index in [4.69, 9.17) is 22.2 Å². The minimum Gasteiger partial charge on any atom is -0.504 e. The Balaban J connectivity index is 1.13. The number of fused-ring (bicyclic) bond motifs is 3. The number of nitrogen functional groups attached to an aromatic ring is 1. The number of nitrogens with two attached hydrogens (primary N) is 1. The number of aromatic nitrogens is 1. The number of amides is 3. The molecule has 0 spiro atoms. The Labute approximate surface area is 305 Å². The first-order valence-corrected chi connectivity index (χ1v) is 18.4. The van der Waals surface area contributed by atoms with E-state index in [0.29, 0.717) is 35.9 Å². The van der Waals surface area contributed by atoms with Gasteiger partial charge in [0.05, 0.1) is 35.4 Å². The summed E-state index contributed by atoms with van der Waals surface area (Å²) in [7, 11) is 2.14. The molecule has 1 aromatic heterocycles. The molecular formula is C32H37ClN7O9S2+. The van der Waals surface area contributed by atoms with Gasteiger partial charge in [-0.05, 0) is 26.0 Å². The van der Waals surface area contributed by atoms with E-state index in [1.807, 2.05) is 0 Å². The molecule has 7 N–H and O–H groups in total. The van der Waals surface area contributed by atoms with E-state index in [1.165, 1.54) is 48.0 Å². The number of aromatic hydroxyl groups is 2. The van der Waals surface area contributed by atoms with Crippen molar-refractivity contribution in [3.63, 3.8) is 0 Å². The van der Waals surface area contributed by atoms with E-state index >= 15 is 0 Å². The molecule has 272 valence electrons. The Kier molecular flexibility index (Phi) is 9.73. The van der Waals surface area contributed by atoms with Gasteiger partial charge in [0.25, 0.3) is 17.7 Å². The monoisotopic (exact) mass is 762 g/mol. The Hall–Kier alpha value is -4.39. The van der Waals surface area contributed by atoms with Crippen molar-refractivity contribution < 1.29 is 48.6 Å². The van der Waals surface area contributed by atoms with Crippen LogP contribution in [0.1, 0.15) is 55.6 Å². The van der Waals surface area contributed by atoms with Crippen LogP contribution in [0.3, 0.4) is 0 Å². The van der Waals surface area contributed by atoms with Crippen LogP contribution in [0.15, 0.2) is 33.9 Å². The molecule has 4 aliphatic rings. The summed E-state index contributed by atoms with van der Waals surface area (Å²) in [6.07, 6.45) is 3.84. The number of quaternary nitrogens is 1. The minimum atomic E-state index is -1.76. The van der Waals surface area contributed by atoms with Gasteiger partial charge in [0.2, 0.25) is 5.60 Å². The molecule has 5 heterocycles. The number of rotatable bonds is 11. The number of carbonyl (C=O) groups is 5. The number of β-lactam (4-membered cyclic amide) rings is 1. The molecule has 6 atom stereocenters. The number of phenolic OH excluding ortho intramolecular Hbond substituents is 2. The number of oxime groups is 1. The predicted octanol–water partition coefficient (Wildman–Crippen LogP) is 1.80. The van der Waals surface area contributed by atoms with Gasteiger partial charge in [-0.2, -0.15) is 0 Å². The third-order valence-electron chi connectivity index (χ3n) is 10.2. The van der Waals surface area contributed by atoms with Gasteiger partial charge in [0.15, 0.2) is 28.6 Å². The molecule has 3 amide bonds. The van der Waals surface area contributed by atoms with E-state index in [1.54, 1.807) is 0 Å². The molecule has 4 aliphatic heterocycles. The van der Waals surface area contributed by atoms with Crippen molar-refractivity contribution in [2.45, 2.75) is 74.7 Å². The van der Waals surface area contributed by atoms with Crippen LogP contribution in [0.25, 0.3) is 0 Å². The van der Waals surface area contributed by atoms with Crippen LogP contribution in [0, 0.1) is 0 Å². The molecule has 6 rings (SSSR count). The number of carboxylic acid groups (broad SMARTS) is 1. The number of anilines is 1. The van der Waals surface area contributed by atoms with Gasteiger partial charge >= 0.3 is 5.97 Å². The first-order valence-electron chi connectivity index (χ1n) is 16.1. The highest BCUT2D eigenvalue weighted by Crippen LogP contribution is 2.45. The zero-order valence-corrected chi connectivity index (χ0v) is 30.2. The lowest BCUT2D eigenvalue weighted by atomic mass is 9.92. The average molecular weight is 763 g/mol. The lowest BCUT2D eigenvalue weighted by Gasteiger charge is -2.52. The highest BCUT2D eigenvalue weighted by atomic mass is 35.5. The van der Waals surface area contributed by atoms with Crippen molar-refractivity contribution in [1.29, 1.82) is 0 Å². The number of halogens is 1. The van der Waals surface area contributed by atoms with Gasteiger partial charge in [-0.25, -0.2) is 9.78 Å². The summed E-state index contributed by atoms with van der Waals surface area (Å²) in [5, 5.41) is 40.0. The van der Waals surface area contributed by atoms with Crippen LogP contribution < -0.4 is 16.4 Å². The molecule has 0 aliphatic carbocycles. The molecule has 3 fully saturated rings. The van der Waals surface area contributed by atoms with E-state index in [-0.39, 0.29) is 50.9 Å². The van der Waals surface area contributed by atoms with Crippen molar-refractivity contribution >= 4 is 75.5 Å². The Morgan fingerprint density at radius 3 is 2.49 bits per heavy atom. The number of hydrogen-bond donors (Lipinski definition) is 6. The van der Waals surface area contributed by atoms with Crippen LogP contribution in [-0.4, -0.2) is 120 Å². The van der Waals surface area contributed by atoms with E-state index in [0.717, 1.165) is 29.8 Å². The van der Waals surface area contributed by atoms with Crippen LogP contribution in [-0.2, 0) is 24.0 Å². The van der Waals surface area contributed by atoms with Gasteiger partial charge in [-0.1, -0.05) is 16.8 Å². The zero-order chi connectivity index (χ0) is 37.0. The van der Waals surface area contributed by atoms with Crippen molar-refractivity contribution in [2.24, 2.45) is 5.16 Å². The first kappa shape index (κ1) is 36.4. The Morgan fingerprint density at radius 2 is 1.88 bits per heavy atom. The lowest BCUT2D eigenvalue weighted by molar-refractivity contribution is -0.944. The van der Waals surface area contributed by atoms with Crippen molar-refractivity contribution in [3.8, 4) is 11.5 Å². The number of piperidine rings is 1. The SMILES string of the molecule is CC(C)(O/N=C(\C(=O)N[C@@H]1C(=O)N2C(C=O)=C(C[N@+]3(C)[C@@H]4CC[C@H]3C[C@@H](NC(=O)c3ccc(Cl)c(O)c3O)C4)CS[C@H]12)c1csc(N)n1)C(=O)O. The maximum absolute atomic E-state index is 13.5. The molecular weight excluding hydrogens is 726 g/mol. The number of allylic oxidation sites excluding steroid dienone is 1. The molecule has 1 aromatic carbocycles. The molecule has 3 saturated heterocycles. The summed E-state index contributed by atoms with van der Waals surface area (Å²) in [5.41, 5.74) is 4.70. The second kappa shape index (κ2) is 13.6. The van der Waals surface area contributed by atoms with Crippen LogP contribution in [0.5, 0.6) is 11.5 Å². The summed E-state index contributed by atoms with van der Waals surface area (Å²) in [6, 6.07) is 1.87. The highest BCUT2D eigenvalue weighted by Gasteiger charge is 2.56. The van der Waals surface area contributed by atoms with Crippen molar-refractivity contribution in [2.75, 3.05) is 25.1 Å². The summed E-state index contributed by atoms with van der Waals surface area (Å²) in [5.74, 6) is -3.80. The largest absolute Gasteiger partial charge is 0.504 e. The topological polar surface area (TPSA) is 234 Å². The quantitative estimate of drug-likeness (QED) is 0.0481. The second-order valence-electron chi connectivity index (χ2n) is 13.7. The van der Waals surface area contributed by atoms with Crippen LogP contribution in [0.2, 0.25) is 5.02 Å². The normalized spacial score (nSPS) is 27.4. The summed E-state index contributed by atoms with van der Waals surface area (Å²) >= 11 is 8.30. The van der Waals surface area contributed by atoms with Crippen LogP contribution in [0.4, 0.5) is 5.13 Å². The highest BCUT2D eigenvalue weighted by molar-refractivity contribution is 8.00. The third kappa shape index (κ3) is 6.60. The number of carboxylic acids is 1. The number of nitrogens with zero attached hydrogens (tertiary/aromatic N) is 4. The fraction of sp³-hybridized carbons (Fsp3) is 0.469. The van der Waals surface area contributed by atoms with Crippen molar-refractivity contribution in [1.82, 2.24) is 20.5 Å². The molecule has 0 radical (unpaired) electrons. The molecule has 19 heteroatoms. The zero-order valence-electron chi connectivity index (χ0n) is 27.8. The number of aldehydes is 1. The predicted molar refractivity (Wildman–Crippen MR) is 187 cm³/mol. The number of nitrogens with one attached hydrogen (secondary N) is 2. The van der Waals surface area contributed by atoms with E-state index in [2.05, 4.69) is 27.8 Å². The summed E-state index contributed by atoms with van der Waals surface area (Å²) in [6.45, 7) is 3.05. The average Bonchev–Trinajstić information content (AvgIpc) is 3.54. The Bertz CT molecular complexity index is 1870. The molecule has 0 saturated carbocycles. The number of thiazole rings is 1. The molecule has 2 bridgehead atoms. The summed E-state index contributed by atoms with van der Waals surface area (Å²) in [4.78, 5) is 74.6. The first-order chi connectivity index (χ1) is 24.0. The summed E-state index contributed by atoms with van der Waals surface area (Å²) < 4.78 is 0.642. The fourth-order valence-corrected chi connectivity index (χ4v) is 9.32. The number of aliphatic carboxylic acids is 1. The van der Waals surface area contributed by atoms with Crippen molar-refractivity contribution in [3.05, 3.63) is 45.1 Å². The third-order valence-corrected chi connectivity index (χ3v) is 12.5. The molecule has 16 nitrogen and oxygen atoms in total. The maximum Gasteiger partial charge on any atom is 0.350 e. The molecule has 2 aromatic rings. The second-order valence-corrected chi connectivity index (χ2v) is 16.1. The molecule has 0 unspecified atom stereocenters.